The number of carbonyl (C=O) groups is 4. The largest absolute Gasteiger partial charge is 0.385 e. The van der Waals surface area contributed by atoms with Crippen molar-refractivity contribution in [2.75, 3.05) is 0 Å². The van der Waals surface area contributed by atoms with E-state index in [9.17, 15) is 29.3 Å². The second kappa shape index (κ2) is 9.77. The lowest BCUT2D eigenvalue weighted by Gasteiger charge is -2.49. The molecule has 35 heavy (non-hydrogen) atoms. The average molecular weight is 498 g/mol. The third-order valence-corrected chi connectivity index (χ3v) is 6.50. The Labute approximate surface area is 204 Å². The molecular weight excluding hydrogens is 478 g/mol. The highest BCUT2D eigenvalue weighted by Gasteiger charge is 2.53. The minimum atomic E-state index is -1.11. The van der Waals surface area contributed by atoms with E-state index in [1.54, 1.807) is 30.3 Å². The standard InChI is InChI=1S/C24H20ClN3O7/c25-17-10-11-18-16(12-19(29)20(26)13-4-2-1-3-5-13)22(30)27(18)21(17)24(32)35-23(31)14-6-8-15(9-7-14)28(33)34/h1-9,16,18,20H,10-12,26H2/t16-,18+,20+/m0/s1. The summed E-state index contributed by atoms with van der Waals surface area (Å²) in [6, 6.07) is 12.0. The monoisotopic (exact) mass is 497 g/mol. The first-order chi connectivity index (χ1) is 16.7. The minimum absolute atomic E-state index is 0.0712. The Morgan fingerprint density at radius 1 is 1.11 bits per heavy atom. The predicted molar refractivity (Wildman–Crippen MR) is 123 cm³/mol. The molecule has 2 aromatic carbocycles. The predicted octanol–water partition coefficient (Wildman–Crippen LogP) is 3.01. The number of ether oxygens (including phenoxy) is 1. The zero-order valence-corrected chi connectivity index (χ0v) is 19.0. The molecule has 2 aliphatic rings. The van der Waals surface area contributed by atoms with Crippen LogP contribution in [0.4, 0.5) is 5.69 Å². The van der Waals surface area contributed by atoms with Crippen LogP contribution in [0, 0.1) is 16.0 Å². The maximum absolute atomic E-state index is 12.9. The van der Waals surface area contributed by atoms with Crippen LogP contribution in [-0.4, -0.2) is 39.5 Å². The third-order valence-electron chi connectivity index (χ3n) is 6.13. The van der Waals surface area contributed by atoms with E-state index in [1.807, 2.05) is 0 Å². The summed E-state index contributed by atoms with van der Waals surface area (Å²) in [5.74, 6) is -3.58. The lowest BCUT2D eigenvalue weighted by Crippen LogP contribution is -2.63. The summed E-state index contributed by atoms with van der Waals surface area (Å²) < 4.78 is 4.89. The number of allylic oxidation sites excluding steroid dienone is 1. The number of hydrogen-bond acceptors (Lipinski definition) is 8. The van der Waals surface area contributed by atoms with E-state index < -0.39 is 40.8 Å². The van der Waals surface area contributed by atoms with Gasteiger partial charge in [0.2, 0.25) is 5.91 Å². The van der Waals surface area contributed by atoms with Gasteiger partial charge in [-0.15, -0.1) is 0 Å². The molecule has 0 bridgehead atoms. The van der Waals surface area contributed by atoms with Gasteiger partial charge in [0.25, 0.3) is 5.69 Å². The molecule has 2 aromatic rings. The number of carbonyl (C=O) groups excluding carboxylic acids is 4. The number of fused-ring (bicyclic) bond motifs is 1. The van der Waals surface area contributed by atoms with E-state index in [0.717, 1.165) is 24.3 Å². The molecule has 0 radical (unpaired) electrons. The number of Topliss-reactive ketones (excluding diaryl/α,β-unsaturated/α-hetero) is 1. The second-order valence-corrected chi connectivity index (χ2v) is 8.67. The van der Waals surface area contributed by atoms with Crippen LogP contribution in [0.15, 0.2) is 65.3 Å². The van der Waals surface area contributed by atoms with Gasteiger partial charge in [-0.05, 0) is 30.5 Å². The van der Waals surface area contributed by atoms with Crippen LogP contribution >= 0.6 is 11.6 Å². The number of β-lactam (4-membered cyclic amide) rings is 1. The van der Waals surface area contributed by atoms with Gasteiger partial charge in [-0.2, -0.15) is 0 Å². The highest BCUT2D eigenvalue weighted by Crippen LogP contribution is 2.43. The normalized spacial score (nSPS) is 19.9. The Kier molecular flexibility index (Phi) is 6.77. The lowest BCUT2D eigenvalue weighted by molar-refractivity contribution is -0.384. The molecule has 0 saturated carbocycles. The minimum Gasteiger partial charge on any atom is -0.385 e. The number of esters is 2. The number of halogens is 1. The fourth-order valence-corrected chi connectivity index (χ4v) is 4.54. The molecule has 0 aromatic heterocycles. The highest BCUT2D eigenvalue weighted by atomic mass is 35.5. The van der Waals surface area contributed by atoms with E-state index >= 15 is 0 Å². The number of nitro groups is 1. The molecule has 1 saturated heterocycles. The maximum atomic E-state index is 12.9. The Bertz CT molecular complexity index is 1240. The zero-order valence-electron chi connectivity index (χ0n) is 18.3. The fourth-order valence-electron chi connectivity index (χ4n) is 4.27. The van der Waals surface area contributed by atoms with Crippen LogP contribution in [0.25, 0.3) is 0 Å². The number of ketones is 1. The van der Waals surface area contributed by atoms with Crippen LogP contribution in [-0.2, 0) is 19.1 Å². The molecule has 0 aliphatic carbocycles. The van der Waals surface area contributed by atoms with Crippen molar-refractivity contribution in [2.24, 2.45) is 11.7 Å². The highest BCUT2D eigenvalue weighted by molar-refractivity contribution is 6.32. The van der Waals surface area contributed by atoms with Crippen LogP contribution in [0.1, 0.15) is 41.2 Å². The molecular formula is C24H20ClN3O7. The Morgan fingerprint density at radius 2 is 1.77 bits per heavy atom. The molecule has 2 N–H and O–H groups in total. The first kappa shape index (κ1) is 24.2. The summed E-state index contributed by atoms with van der Waals surface area (Å²) in [5.41, 5.74) is 6.15. The van der Waals surface area contributed by atoms with Crippen molar-refractivity contribution in [3.8, 4) is 0 Å². The Hall–Kier alpha value is -3.89. The zero-order chi connectivity index (χ0) is 25.3. The van der Waals surface area contributed by atoms with E-state index in [4.69, 9.17) is 22.1 Å². The SMILES string of the molecule is N[C@@H](C(=O)C[C@@H]1C(=O)N2C(C(=O)OC(=O)c3ccc([N+](=O)[O-])cc3)=C(Cl)CC[C@H]12)c1ccccc1. The van der Waals surface area contributed by atoms with Gasteiger partial charge >= 0.3 is 11.9 Å². The van der Waals surface area contributed by atoms with Gasteiger partial charge in [-0.1, -0.05) is 41.9 Å². The van der Waals surface area contributed by atoms with Gasteiger partial charge in [0, 0.05) is 29.6 Å². The molecule has 1 fully saturated rings. The number of benzene rings is 2. The van der Waals surface area contributed by atoms with Crippen molar-refractivity contribution in [3.63, 3.8) is 0 Å². The summed E-state index contributed by atoms with van der Waals surface area (Å²) in [6.07, 6.45) is 0.621. The Morgan fingerprint density at radius 3 is 2.40 bits per heavy atom. The third kappa shape index (κ3) is 4.71. The first-order valence-corrected chi connectivity index (χ1v) is 11.1. The summed E-state index contributed by atoms with van der Waals surface area (Å²) in [4.78, 5) is 62.0. The van der Waals surface area contributed by atoms with Gasteiger partial charge in [0.1, 0.15) is 5.70 Å². The van der Waals surface area contributed by atoms with E-state index in [1.165, 1.54) is 4.90 Å². The number of hydrogen-bond donors (Lipinski definition) is 1. The smallest absolute Gasteiger partial charge is 0.364 e. The van der Waals surface area contributed by atoms with Crippen LogP contribution in [0.2, 0.25) is 0 Å². The van der Waals surface area contributed by atoms with Crippen LogP contribution < -0.4 is 5.73 Å². The van der Waals surface area contributed by atoms with Crippen molar-refractivity contribution < 1.29 is 28.8 Å². The molecule has 180 valence electrons. The van der Waals surface area contributed by atoms with Crippen molar-refractivity contribution in [3.05, 3.63) is 86.6 Å². The molecule has 3 atom stereocenters. The van der Waals surface area contributed by atoms with Crippen molar-refractivity contribution in [1.82, 2.24) is 4.90 Å². The molecule has 0 spiro atoms. The first-order valence-electron chi connectivity index (χ1n) is 10.7. The lowest BCUT2D eigenvalue weighted by atomic mass is 9.77. The second-order valence-electron chi connectivity index (χ2n) is 8.21. The summed E-state index contributed by atoms with van der Waals surface area (Å²) >= 11 is 6.22. The number of amides is 1. The van der Waals surface area contributed by atoms with E-state index in [-0.39, 0.29) is 40.6 Å². The topological polar surface area (TPSA) is 150 Å². The van der Waals surface area contributed by atoms with E-state index in [0.29, 0.717) is 12.0 Å². The van der Waals surface area contributed by atoms with Crippen molar-refractivity contribution in [2.45, 2.75) is 31.3 Å². The molecule has 2 heterocycles. The molecule has 4 rings (SSSR count). The molecule has 0 unspecified atom stereocenters. The van der Waals surface area contributed by atoms with Crippen molar-refractivity contribution in [1.29, 1.82) is 0 Å². The Balaban J connectivity index is 1.43. The number of non-ortho nitro benzene ring substituents is 1. The van der Waals surface area contributed by atoms with Gasteiger partial charge < -0.3 is 15.4 Å². The van der Waals surface area contributed by atoms with Gasteiger partial charge in [-0.25, -0.2) is 9.59 Å². The number of rotatable bonds is 7. The fraction of sp³-hybridized carbons (Fsp3) is 0.250. The average Bonchev–Trinajstić information content (AvgIpc) is 2.86. The number of nitrogens with zero attached hydrogens (tertiary/aromatic N) is 2. The summed E-state index contributed by atoms with van der Waals surface area (Å²) in [7, 11) is 0. The molecule has 11 heteroatoms. The summed E-state index contributed by atoms with van der Waals surface area (Å²) in [6.45, 7) is 0. The van der Waals surface area contributed by atoms with Crippen LogP contribution in [0.3, 0.4) is 0 Å². The molecule has 10 nitrogen and oxygen atoms in total. The number of nitro benzene ring substituents is 1. The van der Waals surface area contributed by atoms with Gasteiger partial charge in [0.15, 0.2) is 5.78 Å². The van der Waals surface area contributed by atoms with Crippen molar-refractivity contribution >= 4 is 40.9 Å². The van der Waals surface area contributed by atoms with E-state index in [2.05, 4.69) is 0 Å². The molecule has 2 aliphatic heterocycles. The quantitative estimate of drug-likeness (QED) is 0.201. The summed E-state index contributed by atoms with van der Waals surface area (Å²) in [5, 5.41) is 10.8. The van der Waals surface area contributed by atoms with Crippen LogP contribution in [0.5, 0.6) is 0 Å². The van der Waals surface area contributed by atoms with Gasteiger partial charge in [0.05, 0.1) is 22.4 Å². The van der Waals surface area contributed by atoms with Gasteiger partial charge in [-0.3, -0.25) is 19.7 Å². The number of nitrogens with two attached hydrogens (primary N) is 1. The molecule has 1 amide bonds. The maximum Gasteiger partial charge on any atom is 0.364 e.